The van der Waals surface area contributed by atoms with Gasteiger partial charge in [0.25, 0.3) is 5.91 Å². The molecule has 0 bridgehead atoms. The van der Waals surface area contributed by atoms with Gasteiger partial charge in [0.1, 0.15) is 29.0 Å². The van der Waals surface area contributed by atoms with Crippen molar-refractivity contribution in [3.63, 3.8) is 0 Å². The van der Waals surface area contributed by atoms with E-state index in [0.29, 0.717) is 30.2 Å². The van der Waals surface area contributed by atoms with E-state index in [2.05, 4.69) is 40.9 Å². The summed E-state index contributed by atoms with van der Waals surface area (Å²) in [7, 11) is 1.66. The van der Waals surface area contributed by atoms with E-state index in [1.807, 2.05) is 20.8 Å². The van der Waals surface area contributed by atoms with Gasteiger partial charge in [-0.15, -0.1) is 0 Å². The quantitative estimate of drug-likeness (QED) is 0.353. The van der Waals surface area contributed by atoms with Crippen molar-refractivity contribution in [1.82, 2.24) is 25.3 Å². The third-order valence-corrected chi connectivity index (χ3v) is 5.68. The van der Waals surface area contributed by atoms with Crippen LogP contribution in [0.5, 0.6) is 0 Å². The lowest BCUT2D eigenvalue weighted by atomic mass is 9.89. The number of allylic oxidation sites excluding steroid dienone is 1. The average Bonchev–Trinajstić information content (AvgIpc) is 3.36. The number of anilines is 3. The van der Waals surface area contributed by atoms with Crippen LogP contribution in [0.15, 0.2) is 47.6 Å². The van der Waals surface area contributed by atoms with Crippen LogP contribution in [0.3, 0.4) is 0 Å². The lowest BCUT2D eigenvalue weighted by Crippen LogP contribution is -2.30. The van der Waals surface area contributed by atoms with Gasteiger partial charge in [-0.3, -0.25) is 9.79 Å². The molecule has 1 atom stereocenters. The van der Waals surface area contributed by atoms with Crippen molar-refractivity contribution < 1.29 is 13.9 Å². The standard InChI is InChI=1S/C25H30FN9O2/c1-25(2,3)19(28-4)10-20(27)34-23(36)14-5-6-16(26)17(9-14)33-22-21-18(30-13-31-22)11-29-24(35-21)32-15-7-8-37-12-15/h5-6,9-11,13,15H,7-8,12,27H2,1-4H3,(H,34,36)(H,29,32,35)(H,30,31,33)/b20-10+,28-19+. The van der Waals surface area contributed by atoms with Gasteiger partial charge in [-0.25, -0.2) is 24.3 Å². The molecule has 1 saturated heterocycles. The number of halogens is 1. The number of benzene rings is 1. The van der Waals surface area contributed by atoms with Crippen molar-refractivity contribution in [3.05, 3.63) is 54.0 Å². The first-order valence-corrected chi connectivity index (χ1v) is 11.8. The third-order valence-electron chi connectivity index (χ3n) is 5.68. The number of ether oxygens (including phenoxy) is 1. The number of nitrogens with zero attached hydrogens (tertiary/aromatic N) is 5. The number of fused-ring (bicyclic) bond motifs is 1. The molecule has 194 valence electrons. The fourth-order valence-electron chi connectivity index (χ4n) is 3.74. The van der Waals surface area contributed by atoms with Gasteiger partial charge in [0.15, 0.2) is 5.82 Å². The molecule has 5 N–H and O–H groups in total. The van der Waals surface area contributed by atoms with E-state index in [1.165, 1.54) is 24.5 Å². The normalized spacial score (nSPS) is 16.6. The molecule has 1 aliphatic heterocycles. The van der Waals surface area contributed by atoms with Crippen molar-refractivity contribution in [2.75, 3.05) is 30.9 Å². The van der Waals surface area contributed by atoms with E-state index in [1.54, 1.807) is 19.3 Å². The fourth-order valence-corrected chi connectivity index (χ4v) is 3.74. The molecule has 0 spiro atoms. The second-order valence-electron chi connectivity index (χ2n) is 9.59. The minimum absolute atomic E-state index is 0.0398. The number of hydrogen-bond acceptors (Lipinski definition) is 10. The Labute approximate surface area is 213 Å². The van der Waals surface area contributed by atoms with Crippen LogP contribution in [-0.4, -0.2) is 57.9 Å². The summed E-state index contributed by atoms with van der Waals surface area (Å²) in [6.45, 7) is 7.21. The summed E-state index contributed by atoms with van der Waals surface area (Å²) in [5.41, 5.74) is 7.61. The van der Waals surface area contributed by atoms with Crippen molar-refractivity contribution in [1.29, 1.82) is 0 Å². The van der Waals surface area contributed by atoms with Gasteiger partial charge in [-0.2, -0.15) is 0 Å². The van der Waals surface area contributed by atoms with E-state index >= 15 is 0 Å². The largest absolute Gasteiger partial charge is 0.385 e. The SMILES string of the molecule is C/N=C(\C=C(/N)NC(=O)c1ccc(F)c(Nc2ncnc3cnc(NC4CCOC4)nc23)c1)C(C)(C)C. The molecular weight excluding hydrogens is 477 g/mol. The highest BCUT2D eigenvalue weighted by molar-refractivity contribution is 6.01. The minimum Gasteiger partial charge on any atom is -0.385 e. The number of rotatable bonds is 7. The monoisotopic (exact) mass is 507 g/mol. The number of carbonyl (C=O) groups excluding carboxylic acids is 1. The molecule has 1 fully saturated rings. The molecule has 0 aliphatic carbocycles. The first-order valence-electron chi connectivity index (χ1n) is 11.8. The van der Waals surface area contributed by atoms with Crippen LogP contribution in [0.4, 0.5) is 21.8 Å². The van der Waals surface area contributed by atoms with Crippen molar-refractivity contribution in [2.45, 2.75) is 33.2 Å². The molecule has 2 aromatic heterocycles. The zero-order valence-corrected chi connectivity index (χ0v) is 21.2. The van der Waals surface area contributed by atoms with E-state index in [9.17, 15) is 9.18 Å². The number of nitrogens with one attached hydrogen (secondary N) is 3. The predicted molar refractivity (Wildman–Crippen MR) is 140 cm³/mol. The van der Waals surface area contributed by atoms with Crippen LogP contribution in [0.25, 0.3) is 11.0 Å². The van der Waals surface area contributed by atoms with Gasteiger partial charge >= 0.3 is 0 Å². The van der Waals surface area contributed by atoms with E-state index in [4.69, 9.17) is 10.5 Å². The van der Waals surface area contributed by atoms with Gasteiger partial charge in [-0.1, -0.05) is 20.8 Å². The Kier molecular flexibility index (Phi) is 7.58. The second kappa shape index (κ2) is 10.8. The fraction of sp³-hybridized carbons (Fsp3) is 0.360. The summed E-state index contributed by atoms with van der Waals surface area (Å²) >= 11 is 0. The van der Waals surface area contributed by atoms with Crippen LogP contribution < -0.4 is 21.7 Å². The molecule has 1 aliphatic rings. The molecule has 1 unspecified atom stereocenters. The molecule has 4 rings (SSSR count). The van der Waals surface area contributed by atoms with Gasteiger partial charge in [0.05, 0.1) is 24.5 Å². The van der Waals surface area contributed by atoms with Gasteiger partial charge in [0.2, 0.25) is 5.95 Å². The number of aromatic nitrogens is 4. The first kappa shape index (κ1) is 25.9. The molecule has 11 nitrogen and oxygen atoms in total. The van der Waals surface area contributed by atoms with E-state index < -0.39 is 11.7 Å². The lowest BCUT2D eigenvalue weighted by molar-refractivity contribution is 0.0965. The molecule has 1 amide bonds. The van der Waals surface area contributed by atoms with Crippen LogP contribution in [0.1, 0.15) is 37.6 Å². The molecule has 3 aromatic rings. The summed E-state index contributed by atoms with van der Waals surface area (Å²) in [4.78, 5) is 34.3. The summed E-state index contributed by atoms with van der Waals surface area (Å²) < 4.78 is 20.1. The van der Waals surface area contributed by atoms with E-state index in [0.717, 1.165) is 12.1 Å². The zero-order valence-electron chi connectivity index (χ0n) is 21.2. The maximum atomic E-state index is 14.7. The molecule has 0 saturated carbocycles. The number of aliphatic imine (C=N–C) groups is 1. The molecule has 37 heavy (non-hydrogen) atoms. The van der Waals surface area contributed by atoms with Crippen molar-refractivity contribution in [3.8, 4) is 0 Å². The van der Waals surface area contributed by atoms with Gasteiger partial charge in [0, 0.05) is 30.3 Å². The second-order valence-corrected chi connectivity index (χ2v) is 9.59. The van der Waals surface area contributed by atoms with Gasteiger partial charge < -0.3 is 26.4 Å². The highest BCUT2D eigenvalue weighted by atomic mass is 19.1. The van der Waals surface area contributed by atoms with Crippen LogP contribution in [0.2, 0.25) is 0 Å². The number of amides is 1. The Bertz CT molecular complexity index is 1360. The third kappa shape index (κ3) is 6.33. The summed E-state index contributed by atoms with van der Waals surface area (Å²) in [6.07, 6.45) is 5.35. The minimum atomic E-state index is -0.574. The van der Waals surface area contributed by atoms with Gasteiger partial charge in [-0.05, 0) is 30.7 Å². The Morgan fingerprint density at radius 3 is 2.78 bits per heavy atom. The smallest absolute Gasteiger partial charge is 0.256 e. The van der Waals surface area contributed by atoms with Crippen LogP contribution >= 0.6 is 0 Å². The zero-order chi connectivity index (χ0) is 26.6. The highest BCUT2D eigenvalue weighted by Gasteiger charge is 2.19. The predicted octanol–water partition coefficient (Wildman–Crippen LogP) is 3.15. The molecule has 0 radical (unpaired) electrons. The molecule has 1 aromatic carbocycles. The Morgan fingerprint density at radius 1 is 1.27 bits per heavy atom. The first-order chi connectivity index (χ1) is 17.6. The van der Waals surface area contributed by atoms with E-state index in [-0.39, 0.29) is 34.3 Å². The Balaban J connectivity index is 1.56. The maximum absolute atomic E-state index is 14.7. The molecule has 3 heterocycles. The highest BCUT2D eigenvalue weighted by Crippen LogP contribution is 2.25. The summed E-state index contributed by atoms with van der Waals surface area (Å²) in [6, 6.07) is 4.04. The number of carbonyl (C=O) groups is 1. The Morgan fingerprint density at radius 2 is 2.08 bits per heavy atom. The maximum Gasteiger partial charge on any atom is 0.256 e. The van der Waals surface area contributed by atoms with Crippen molar-refractivity contribution in [2.24, 2.45) is 16.1 Å². The van der Waals surface area contributed by atoms with Crippen molar-refractivity contribution >= 4 is 40.1 Å². The lowest BCUT2D eigenvalue weighted by Gasteiger charge is -2.19. The van der Waals surface area contributed by atoms with Crippen LogP contribution in [0, 0.1) is 11.2 Å². The topological polar surface area (TPSA) is 152 Å². The number of hydrogen-bond donors (Lipinski definition) is 4. The molecular formula is C25H30FN9O2. The molecule has 12 heteroatoms. The summed E-state index contributed by atoms with van der Waals surface area (Å²) in [5, 5.41) is 8.77. The average molecular weight is 508 g/mol. The van der Waals surface area contributed by atoms with Crippen LogP contribution in [-0.2, 0) is 4.74 Å². The summed E-state index contributed by atoms with van der Waals surface area (Å²) in [5.74, 6) is -0.285. The Hall–Kier alpha value is -4.19. The number of nitrogens with two attached hydrogens (primary N) is 1.